The van der Waals surface area contributed by atoms with Gasteiger partial charge in [0.05, 0.1) is 6.61 Å². The van der Waals surface area contributed by atoms with Crippen LogP contribution in [-0.4, -0.2) is 54.4 Å². The third kappa shape index (κ3) is 3.13. The fraction of sp³-hybridized carbons (Fsp3) is 0.833. The van der Waals surface area contributed by atoms with Gasteiger partial charge in [-0.3, -0.25) is 0 Å². The standard InChI is InChI=1S/C12H20N2O4/c15-11(16)10-4-1-5-14(10)12(17)13-7-9-3-2-6-18-8-9/h9-10H,1-8H2,(H,13,17)(H,15,16)/t9?,10-/m1/s1. The van der Waals surface area contributed by atoms with Crippen molar-refractivity contribution in [2.24, 2.45) is 5.92 Å². The maximum absolute atomic E-state index is 11.9. The summed E-state index contributed by atoms with van der Waals surface area (Å²) in [6.45, 7) is 2.59. The largest absolute Gasteiger partial charge is 0.480 e. The average molecular weight is 256 g/mol. The Morgan fingerprint density at radius 3 is 2.83 bits per heavy atom. The van der Waals surface area contributed by atoms with Gasteiger partial charge in [-0.05, 0) is 31.6 Å². The van der Waals surface area contributed by atoms with Gasteiger partial charge < -0.3 is 20.1 Å². The van der Waals surface area contributed by atoms with E-state index in [2.05, 4.69) is 5.32 Å². The molecule has 6 heteroatoms. The Hall–Kier alpha value is -1.30. The van der Waals surface area contributed by atoms with Gasteiger partial charge in [0.1, 0.15) is 6.04 Å². The first-order chi connectivity index (χ1) is 8.68. The van der Waals surface area contributed by atoms with Crippen LogP contribution in [-0.2, 0) is 9.53 Å². The number of nitrogens with one attached hydrogen (secondary N) is 1. The lowest BCUT2D eigenvalue weighted by molar-refractivity contribution is -0.141. The Labute approximate surface area is 106 Å². The minimum absolute atomic E-state index is 0.259. The number of ether oxygens (including phenoxy) is 1. The number of amides is 2. The molecule has 6 nitrogen and oxygen atoms in total. The number of hydrogen-bond donors (Lipinski definition) is 2. The molecule has 2 amide bonds. The predicted molar refractivity (Wildman–Crippen MR) is 64.3 cm³/mol. The first-order valence-corrected chi connectivity index (χ1v) is 6.53. The predicted octanol–water partition coefficient (Wildman–Crippen LogP) is 0.672. The Bertz CT molecular complexity index is 315. The van der Waals surface area contributed by atoms with Crippen molar-refractivity contribution in [3.8, 4) is 0 Å². The van der Waals surface area contributed by atoms with Gasteiger partial charge >= 0.3 is 12.0 Å². The Balaban J connectivity index is 1.78. The van der Waals surface area contributed by atoms with Crippen molar-refractivity contribution >= 4 is 12.0 Å². The van der Waals surface area contributed by atoms with Crippen molar-refractivity contribution in [2.45, 2.75) is 31.7 Å². The van der Waals surface area contributed by atoms with Crippen LogP contribution in [0.1, 0.15) is 25.7 Å². The van der Waals surface area contributed by atoms with E-state index >= 15 is 0 Å². The van der Waals surface area contributed by atoms with Gasteiger partial charge in [0.25, 0.3) is 0 Å². The zero-order valence-electron chi connectivity index (χ0n) is 10.4. The number of carbonyl (C=O) groups excluding carboxylic acids is 1. The highest BCUT2D eigenvalue weighted by Crippen LogP contribution is 2.18. The molecule has 0 aliphatic carbocycles. The van der Waals surface area contributed by atoms with Crippen molar-refractivity contribution in [1.82, 2.24) is 10.2 Å². The SMILES string of the molecule is O=C(O)[C@H]1CCCN1C(=O)NCC1CCCOC1. The lowest BCUT2D eigenvalue weighted by Crippen LogP contribution is -2.47. The van der Waals surface area contributed by atoms with E-state index in [1.807, 2.05) is 0 Å². The van der Waals surface area contributed by atoms with Gasteiger partial charge in [-0.25, -0.2) is 9.59 Å². The lowest BCUT2D eigenvalue weighted by Gasteiger charge is -2.25. The number of rotatable bonds is 3. The normalized spacial score (nSPS) is 28.1. The molecule has 0 bridgehead atoms. The fourth-order valence-electron chi connectivity index (χ4n) is 2.57. The summed E-state index contributed by atoms with van der Waals surface area (Å²) < 4.78 is 5.34. The third-order valence-corrected chi connectivity index (χ3v) is 3.60. The number of urea groups is 1. The van der Waals surface area contributed by atoms with Crippen LogP contribution >= 0.6 is 0 Å². The van der Waals surface area contributed by atoms with E-state index in [0.29, 0.717) is 32.0 Å². The number of nitrogens with zero attached hydrogens (tertiary/aromatic N) is 1. The van der Waals surface area contributed by atoms with E-state index in [1.54, 1.807) is 0 Å². The summed E-state index contributed by atoms with van der Waals surface area (Å²) >= 11 is 0. The summed E-state index contributed by atoms with van der Waals surface area (Å²) in [6, 6.07) is -0.918. The monoisotopic (exact) mass is 256 g/mol. The molecule has 0 aromatic rings. The highest BCUT2D eigenvalue weighted by molar-refractivity contribution is 5.83. The Morgan fingerprint density at radius 2 is 2.17 bits per heavy atom. The van der Waals surface area contributed by atoms with Crippen LogP contribution in [0.25, 0.3) is 0 Å². The first-order valence-electron chi connectivity index (χ1n) is 6.53. The summed E-state index contributed by atoms with van der Waals surface area (Å²) in [5.74, 6) is -0.558. The van der Waals surface area contributed by atoms with E-state index in [0.717, 1.165) is 25.9 Å². The van der Waals surface area contributed by atoms with Gasteiger partial charge in [0, 0.05) is 19.7 Å². The summed E-state index contributed by atoms with van der Waals surface area (Å²) in [5, 5.41) is 11.8. The van der Waals surface area contributed by atoms with Crippen molar-refractivity contribution < 1.29 is 19.4 Å². The molecule has 0 aromatic carbocycles. The smallest absolute Gasteiger partial charge is 0.326 e. The molecule has 0 radical (unpaired) electrons. The number of likely N-dealkylation sites (tertiary alicyclic amines) is 1. The van der Waals surface area contributed by atoms with Gasteiger partial charge in [-0.1, -0.05) is 0 Å². The quantitative estimate of drug-likeness (QED) is 0.778. The molecule has 102 valence electrons. The van der Waals surface area contributed by atoms with Crippen LogP contribution in [0.3, 0.4) is 0 Å². The Kier molecular flexibility index (Phi) is 4.41. The molecule has 2 N–H and O–H groups in total. The summed E-state index contributed by atoms with van der Waals surface area (Å²) in [7, 11) is 0. The second kappa shape index (κ2) is 6.04. The molecule has 2 atom stereocenters. The molecule has 2 heterocycles. The number of carbonyl (C=O) groups is 2. The molecule has 0 saturated carbocycles. The van der Waals surface area contributed by atoms with E-state index in [-0.39, 0.29) is 6.03 Å². The van der Waals surface area contributed by atoms with Gasteiger partial charge in [-0.2, -0.15) is 0 Å². The second-order valence-electron chi connectivity index (χ2n) is 4.96. The van der Waals surface area contributed by atoms with Crippen LogP contribution in [0, 0.1) is 5.92 Å². The topological polar surface area (TPSA) is 78.9 Å². The molecule has 2 rings (SSSR count). The number of aliphatic carboxylic acids is 1. The molecule has 2 aliphatic heterocycles. The number of hydrogen-bond acceptors (Lipinski definition) is 3. The van der Waals surface area contributed by atoms with E-state index in [4.69, 9.17) is 9.84 Å². The molecule has 0 aromatic heterocycles. The summed E-state index contributed by atoms with van der Waals surface area (Å²) in [5.41, 5.74) is 0. The van der Waals surface area contributed by atoms with Crippen molar-refractivity contribution in [2.75, 3.05) is 26.3 Å². The molecule has 2 aliphatic rings. The maximum Gasteiger partial charge on any atom is 0.326 e. The van der Waals surface area contributed by atoms with Crippen molar-refractivity contribution in [3.05, 3.63) is 0 Å². The van der Waals surface area contributed by atoms with Crippen molar-refractivity contribution in [1.29, 1.82) is 0 Å². The molecular weight excluding hydrogens is 236 g/mol. The molecule has 0 spiro atoms. The van der Waals surface area contributed by atoms with Gasteiger partial charge in [0.15, 0.2) is 0 Å². The molecule has 2 saturated heterocycles. The summed E-state index contributed by atoms with van der Waals surface area (Å²) in [6.07, 6.45) is 3.40. The number of carboxylic acids is 1. The van der Waals surface area contributed by atoms with E-state index in [1.165, 1.54) is 4.90 Å². The van der Waals surface area contributed by atoms with Crippen LogP contribution in [0.15, 0.2) is 0 Å². The average Bonchev–Trinajstić information content (AvgIpc) is 2.86. The summed E-state index contributed by atoms with van der Waals surface area (Å²) in [4.78, 5) is 24.3. The van der Waals surface area contributed by atoms with E-state index in [9.17, 15) is 9.59 Å². The molecule has 2 fully saturated rings. The minimum atomic E-state index is -0.913. The Morgan fingerprint density at radius 1 is 1.33 bits per heavy atom. The zero-order chi connectivity index (χ0) is 13.0. The third-order valence-electron chi connectivity index (χ3n) is 3.60. The number of carboxylic acid groups (broad SMARTS) is 1. The fourth-order valence-corrected chi connectivity index (χ4v) is 2.57. The second-order valence-corrected chi connectivity index (χ2v) is 4.96. The van der Waals surface area contributed by atoms with Crippen LogP contribution in [0.4, 0.5) is 4.79 Å². The van der Waals surface area contributed by atoms with Crippen LogP contribution < -0.4 is 5.32 Å². The van der Waals surface area contributed by atoms with Crippen LogP contribution in [0.5, 0.6) is 0 Å². The zero-order valence-corrected chi connectivity index (χ0v) is 10.4. The molecule has 1 unspecified atom stereocenters. The molecular formula is C12H20N2O4. The maximum atomic E-state index is 11.9. The van der Waals surface area contributed by atoms with E-state index < -0.39 is 12.0 Å². The van der Waals surface area contributed by atoms with Gasteiger partial charge in [-0.15, -0.1) is 0 Å². The molecule has 18 heavy (non-hydrogen) atoms. The van der Waals surface area contributed by atoms with Gasteiger partial charge in [0.2, 0.25) is 0 Å². The highest BCUT2D eigenvalue weighted by atomic mass is 16.5. The lowest BCUT2D eigenvalue weighted by atomic mass is 10.0. The minimum Gasteiger partial charge on any atom is -0.480 e. The first kappa shape index (κ1) is 13.1. The highest BCUT2D eigenvalue weighted by Gasteiger charge is 2.34. The van der Waals surface area contributed by atoms with Crippen LogP contribution in [0.2, 0.25) is 0 Å². The van der Waals surface area contributed by atoms with Crippen molar-refractivity contribution in [3.63, 3.8) is 0 Å².